The van der Waals surface area contributed by atoms with Gasteiger partial charge in [-0.05, 0) is 71.4 Å². The molecule has 0 radical (unpaired) electrons. The van der Waals surface area contributed by atoms with E-state index in [2.05, 4.69) is 0 Å². The fraction of sp³-hybridized carbons (Fsp3) is 0.500. The molecule has 1 N–H and O–H groups in total. The summed E-state index contributed by atoms with van der Waals surface area (Å²) in [4.78, 5) is 24.2. The third-order valence-electron chi connectivity index (χ3n) is 7.38. The number of alkyl halides is 3. The minimum absolute atomic E-state index is 0.0762. The Kier molecular flexibility index (Phi) is 9.90. The molecular formula is C28H34F4N3O9S2-. The minimum atomic E-state index is -5.07. The van der Waals surface area contributed by atoms with E-state index in [1.54, 1.807) is 0 Å². The predicted molar refractivity (Wildman–Crippen MR) is 157 cm³/mol. The molecule has 3 rings (SSSR count). The Morgan fingerprint density at radius 1 is 1.09 bits per heavy atom. The van der Waals surface area contributed by atoms with Crippen molar-refractivity contribution in [2.75, 3.05) is 22.9 Å². The Morgan fingerprint density at radius 2 is 1.70 bits per heavy atom. The first-order valence-corrected chi connectivity index (χ1v) is 16.6. The number of anilines is 2. The first-order chi connectivity index (χ1) is 20.8. The highest BCUT2D eigenvalue weighted by molar-refractivity contribution is 7.93. The lowest BCUT2D eigenvalue weighted by Gasteiger charge is -2.42. The van der Waals surface area contributed by atoms with E-state index in [1.165, 1.54) is 27.7 Å². The number of ether oxygens (including phenoxy) is 2. The first-order valence-electron chi connectivity index (χ1n) is 13.7. The van der Waals surface area contributed by atoms with Crippen LogP contribution in [-0.4, -0.2) is 65.1 Å². The smallest absolute Gasteiger partial charge is 0.411 e. The van der Waals surface area contributed by atoms with Crippen LogP contribution in [0.3, 0.4) is 0 Å². The van der Waals surface area contributed by atoms with Gasteiger partial charge in [-0.2, -0.15) is 13.2 Å². The molecule has 256 valence electrons. The highest BCUT2D eigenvalue weighted by Gasteiger charge is 2.52. The first kappa shape index (κ1) is 36.7. The molecule has 12 nitrogen and oxygen atoms in total. The molecule has 46 heavy (non-hydrogen) atoms. The highest BCUT2D eigenvalue weighted by Crippen LogP contribution is 2.44. The van der Waals surface area contributed by atoms with Crippen molar-refractivity contribution in [1.82, 2.24) is 4.72 Å². The summed E-state index contributed by atoms with van der Waals surface area (Å²) in [5.74, 6) is -3.46. The third-order valence-corrected chi connectivity index (χ3v) is 11.2. The molecule has 0 aromatic heterocycles. The lowest BCUT2D eigenvalue weighted by molar-refractivity contribution is -0.254. The van der Waals surface area contributed by atoms with Gasteiger partial charge in [0.15, 0.2) is 11.6 Å². The second kappa shape index (κ2) is 12.4. The van der Waals surface area contributed by atoms with E-state index in [-0.39, 0.29) is 22.8 Å². The maximum Gasteiger partial charge on any atom is 0.411 e. The van der Waals surface area contributed by atoms with Gasteiger partial charge < -0.3 is 24.3 Å². The summed E-state index contributed by atoms with van der Waals surface area (Å²) in [5.41, 5.74) is -3.98. The van der Waals surface area contributed by atoms with Gasteiger partial charge in [0, 0.05) is 17.7 Å². The van der Waals surface area contributed by atoms with Crippen LogP contribution in [0.1, 0.15) is 48.0 Å². The third kappa shape index (κ3) is 7.11. The summed E-state index contributed by atoms with van der Waals surface area (Å²) < 4.78 is 121. The SMILES string of the molecule is COc1cc(S(=O)(=O)N2C[C@H](C[C@@H](C)C(=O)NS(=O)(=O)C(C)(C)C)Oc3ccc(N(C(=O)[O-])C(C)(C)C(F)(F)F)cc32)ccc1F. The van der Waals surface area contributed by atoms with Gasteiger partial charge in [0.2, 0.25) is 15.9 Å². The van der Waals surface area contributed by atoms with Gasteiger partial charge >= 0.3 is 6.18 Å². The standard InChI is InChI=1S/C28H35F4N3O9S2/c1-16(24(36)33-46(41,42)26(2,3)4)12-18-15-34(45(39,40)19-9-10-20(29)23(14-19)43-7)21-13-17(8-11-22(21)44-18)35(25(37)38)27(5,6)28(30,31)32/h8-11,13-14,16,18H,12,15H2,1-7H3,(H,33,36)(H,37,38)/p-1/t16-,18+/m1/s1. The monoisotopic (exact) mass is 696 g/mol. The van der Waals surface area contributed by atoms with E-state index in [1.807, 2.05) is 4.72 Å². The molecule has 0 aliphatic carbocycles. The molecule has 0 fully saturated rings. The number of carbonyl (C=O) groups excluding carboxylic acids is 2. The van der Waals surface area contributed by atoms with Crippen molar-refractivity contribution in [3.63, 3.8) is 0 Å². The summed E-state index contributed by atoms with van der Waals surface area (Å²) in [6.45, 7) is 6.17. The Morgan fingerprint density at radius 3 is 2.22 bits per heavy atom. The number of methoxy groups -OCH3 is 1. The van der Waals surface area contributed by atoms with Crippen LogP contribution in [0.15, 0.2) is 41.3 Å². The van der Waals surface area contributed by atoms with Crippen molar-refractivity contribution in [3.8, 4) is 11.5 Å². The number of benzene rings is 2. The highest BCUT2D eigenvalue weighted by atomic mass is 32.2. The van der Waals surface area contributed by atoms with E-state index in [9.17, 15) is 49.1 Å². The molecular weight excluding hydrogens is 662 g/mol. The van der Waals surface area contributed by atoms with Gasteiger partial charge in [0.1, 0.15) is 23.5 Å². The number of nitrogens with one attached hydrogen (secondary N) is 1. The van der Waals surface area contributed by atoms with Gasteiger partial charge in [0.25, 0.3) is 10.0 Å². The van der Waals surface area contributed by atoms with E-state index in [0.717, 1.165) is 47.8 Å². The van der Waals surface area contributed by atoms with Crippen LogP contribution < -0.4 is 28.5 Å². The van der Waals surface area contributed by atoms with Gasteiger partial charge in [0.05, 0.1) is 29.0 Å². The van der Waals surface area contributed by atoms with Crippen LogP contribution in [0, 0.1) is 11.7 Å². The maximum absolute atomic E-state index is 14.1. The number of rotatable bonds is 9. The van der Waals surface area contributed by atoms with Gasteiger partial charge in [-0.3, -0.25) is 13.8 Å². The van der Waals surface area contributed by atoms with Crippen molar-refractivity contribution >= 4 is 43.4 Å². The molecule has 1 aliphatic heterocycles. The number of hydrogen-bond acceptors (Lipinski definition) is 9. The second-order valence-electron chi connectivity index (χ2n) is 12.1. The van der Waals surface area contributed by atoms with Crippen LogP contribution in [-0.2, 0) is 24.8 Å². The average molecular weight is 697 g/mol. The topological polar surface area (TPSA) is 162 Å². The fourth-order valence-electron chi connectivity index (χ4n) is 4.39. The summed E-state index contributed by atoms with van der Waals surface area (Å²) in [5, 5.41) is 12.0. The molecule has 18 heteroatoms. The number of hydrogen-bond donors (Lipinski definition) is 1. The zero-order valence-corrected chi connectivity index (χ0v) is 27.6. The van der Waals surface area contributed by atoms with E-state index >= 15 is 0 Å². The lowest BCUT2D eigenvalue weighted by Crippen LogP contribution is -2.60. The molecule has 1 aliphatic rings. The second-order valence-corrected chi connectivity index (χ2v) is 16.4. The van der Waals surface area contributed by atoms with E-state index < -0.39 is 89.2 Å². The summed E-state index contributed by atoms with van der Waals surface area (Å²) in [6, 6.07) is 5.51. The van der Waals surface area contributed by atoms with Crippen LogP contribution in [0.4, 0.5) is 33.7 Å². The zero-order chi connectivity index (χ0) is 35.2. The number of carbonyl (C=O) groups is 2. The number of fused-ring (bicyclic) bond motifs is 1. The van der Waals surface area contributed by atoms with Crippen LogP contribution in [0.2, 0.25) is 0 Å². The number of amides is 2. The molecule has 0 unspecified atom stereocenters. The summed E-state index contributed by atoms with van der Waals surface area (Å²) in [6.07, 6.45) is -8.63. The quantitative estimate of drug-likeness (QED) is 0.387. The normalized spacial score (nSPS) is 16.6. The lowest BCUT2D eigenvalue weighted by atomic mass is 10.0. The molecule has 1 heterocycles. The molecule has 2 amide bonds. The van der Waals surface area contributed by atoms with Crippen molar-refractivity contribution in [2.45, 2.75) is 75.4 Å². The Balaban J connectivity index is 2.13. The van der Waals surface area contributed by atoms with Crippen LogP contribution in [0.25, 0.3) is 0 Å². The summed E-state index contributed by atoms with van der Waals surface area (Å²) >= 11 is 0. The van der Waals surface area contributed by atoms with E-state index in [4.69, 9.17) is 9.47 Å². The molecule has 0 bridgehead atoms. The predicted octanol–water partition coefficient (Wildman–Crippen LogP) is 3.55. The van der Waals surface area contributed by atoms with Crippen LogP contribution >= 0.6 is 0 Å². The van der Waals surface area contributed by atoms with Crippen molar-refractivity contribution < 1.29 is 58.6 Å². The molecule has 2 atom stereocenters. The van der Waals surface area contributed by atoms with Crippen LogP contribution in [0.5, 0.6) is 11.5 Å². The number of sulfonamides is 2. The molecule has 0 spiro atoms. The fourth-order valence-corrected chi connectivity index (χ4v) is 6.68. The number of halogens is 4. The average Bonchev–Trinajstić information content (AvgIpc) is 2.91. The number of carboxylic acid groups (broad SMARTS) is 1. The summed E-state index contributed by atoms with van der Waals surface area (Å²) in [7, 11) is -7.66. The van der Waals surface area contributed by atoms with Gasteiger partial charge in [-0.15, -0.1) is 0 Å². The van der Waals surface area contributed by atoms with Crippen molar-refractivity contribution in [2.24, 2.45) is 5.92 Å². The minimum Gasteiger partial charge on any atom is -0.530 e. The number of nitrogens with zero attached hydrogens (tertiary/aromatic N) is 2. The van der Waals surface area contributed by atoms with E-state index in [0.29, 0.717) is 13.8 Å². The Bertz CT molecular complexity index is 1720. The molecule has 2 aromatic carbocycles. The van der Waals surface area contributed by atoms with Crippen molar-refractivity contribution in [3.05, 3.63) is 42.2 Å². The maximum atomic E-state index is 14.1. The molecule has 2 aromatic rings. The zero-order valence-electron chi connectivity index (χ0n) is 25.9. The largest absolute Gasteiger partial charge is 0.530 e. The van der Waals surface area contributed by atoms with Gasteiger partial charge in [-0.25, -0.2) is 21.2 Å². The van der Waals surface area contributed by atoms with Crippen molar-refractivity contribution in [1.29, 1.82) is 0 Å². The molecule has 0 saturated carbocycles. The van der Waals surface area contributed by atoms with Gasteiger partial charge in [-0.1, -0.05) is 6.92 Å². The molecule has 0 saturated heterocycles. The Labute approximate surface area is 264 Å². The Hall–Kier alpha value is -3.80.